The van der Waals surface area contributed by atoms with E-state index in [1.807, 2.05) is 0 Å². The van der Waals surface area contributed by atoms with Gasteiger partial charge < -0.3 is 10.6 Å². The first-order valence-corrected chi connectivity index (χ1v) is 6.33. The first-order chi connectivity index (χ1) is 8.72. The molecule has 0 radical (unpaired) electrons. The van der Waals surface area contributed by atoms with Gasteiger partial charge in [-0.25, -0.2) is 9.37 Å². The van der Waals surface area contributed by atoms with Crippen molar-refractivity contribution in [1.29, 1.82) is 0 Å². The van der Waals surface area contributed by atoms with E-state index in [4.69, 9.17) is 0 Å². The molecule has 1 amide bonds. The van der Waals surface area contributed by atoms with Gasteiger partial charge in [0.05, 0.1) is 5.56 Å². The average Bonchev–Trinajstić information content (AvgIpc) is 2.32. The molecule has 0 bridgehead atoms. The lowest BCUT2D eigenvalue weighted by Gasteiger charge is -2.25. The Morgan fingerprint density at radius 2 is 2.33 bits per heavy atom. The molecule has 1 aliphatic rings. The molecule has 1 saturated carbocycles. The summed E-state index contributed by atoms with van der Waals surface area (Å²) in [5.41, 5.74) is 0.0444. The van der Waals surface area contributed by atoms with E-state index in [0.717, 1.165) is 12.3 Å². The van der Waals surface area contributed by atoms with Gasteiger partial charge >= 0.3 is 0 Å². The first kappa shape index (κ1) is 12.8. The van der Waals surface area contributed by atoms with Gasteiger partial charge in [-0.15, -0.1) is 0 Å². The van der Waals surface area contributed by atoms with Crippen molar-refractivity contribution in [2.75, 3.05) is 18.9 Å². The highest BCUT2D eigenvalue weighted by Crippen LogP contribution is 2.28. The first-order valence-electron chi connectivity index (χ1n) is 6.33. The van der Waals surface area contributed by atoms with Gasteiger partial charge in [0.1, 0.15) is 0 Å². The van der Waals surface area contributed by atoms with E-state index < -0.39 is 5.82 Å². The summed E-state index contributed by atoms with van der Waals surface area (Å²) >= 11 is 0. The molecule has 0 unspecified atom stereocenters. The fourth-order valence-electron chi connectivity index (χ4n) is 2.06. The maximum Gasteiger partial charge on any atom is 0.254 e. The molecule has 5 heteroatoms. The van der Waals surface area contributed by atoms with Crippen LogP contribution in [0.2, 0.25) is 0 Å². The van der Waals surface area contributed by atoms with Gasteiger partial charge in [-0.2, -0.15) is 0 Å². The number of hydrogen-bond acceptors (Lipinski definition) is 3. The Balaban J connectivity index is 1.91. The van der Waals surface area contributed by atoms with Gasteiger partial charge in [-0.1, -0.05) is 19.3 Å². The normalized spacial score (nSPS) is 15.0. The molecular weight excluding hydrogens is 233 g/mol. The third-order valence-electron chi connectivity index (χ3n) is 3.43. The summed E-state index contributed by atoms with van der Waals surface area (Å²) in [6, 6.07) is 1.40. The van der Waals surface area contributed by atoms with Crippen molar-refractivity contribution < 1.29 is 9.18 Å². The van der Waals surface area contributed by atoms with Crippen LogP contribution in [0.4, 0.5) is 10.2 Å². The molecule has 2 rings (SSSR count). The number of rotatable bonds is 5. The van der Waals surface area contributed by atoms with Crippen LogP contribution in [0.25, 0.3) is 0 Å². The summed E-state index contributed by atoms with van der Waals surface area (Å²) in [6.45, 7) is 0.611. The van der Waals surface area contributed by atoms with E-state index in [1.54, 1.807) is 7.05 Å². The summed E-state index contributed by atoms with van der Waals surface area (Å²) < 4.78 is 13.8. The van der Waals surface area contributed by atoms with Crippen molar-refractivity contribution in [3.05, 3.63) is 23.6 Å². The molecular formula is C13H18FN3O. The van der Waals surface area contributed by atoms with Crippen molar-refractivity contribution >= 4 is 11.7 Å². The van der Waals surface area contributed by atoms with Crippen LogP contribution in [0.1, 0.15) is 36.0 Å². The molecule has 18 heavy (non-hydrogen) atoms. The predicted molar refractivity (Wildman–Crippen MR) is 68.0 cm³/mol. The van der Waals surface area contributed by atoms with Crippen LogP contribution in [-0.2, 0) is 0 Å². The lowest BCUT2D eigenvalue weighted by Crippen LogP contribution is -2.28. The van der Waals surface area contributed by atoms with Crippen LogP contribution >= 0.6 is 0 Å². The zero-order valence-electron chi connectivity index (χ0n) is 10.5. The summed E-state index contributed by atoms with van der Waals surface area (Å²) in [5.74, 6) is -0.131. The topological polar surface area (TPSA) is 54.0 Å². The summed E-state index contributed by atoms with van der Waals surface area (Å²) in [7, 11) is 1.57. The van der Waals surface area contributed by atoms with Crippen LogP contribution < -0.4 is 10.6 Å². The molecule has 1 aliphatic carbocycles. The maximum absolute atomic E-state index is 13.8. The van der Waals surface area contributed by atoms with Gasteiger partial charge in [0.15, 0.2) is 11.6 Å². The van der Waals surface area contributed by atoms with E-state index in [9.17, 15) is 9.18 Å². The number of hydrogen-bond donors (Lipinski definition) is 2. The molecule has 0 saturated heterocycles. The molecule has 98 valence electrons. The van der Waals surface area contributed by atoms with E-state index >= 15 is 0 Å². The Morgan fingerprint density at radius 3 is 2.94 bits per heavy atom. The van der Waals surface area contributed by atoms with E-state index in [2.05, 4.69) is 15.6 Å². The lowest BCUT2D eigenvalue weighted by atomic mass is 9.83. The minimum atomic E-state index is -0.596. The second-order valence-corrected chi connectivity index (χ2v) is 4.61. The maximum atomic E-state index is 13.8. The Morgan fingerprint density at radius 1 is 1.56 bits per heavy atom. The number of nitrogens with zero attached hydrogens (tertiary/aromatic N) is 1. The number of nitrogens with one attached hydrogen (secondary N) is 2. The van der Waals surface area contributed by atoms with E-state index in [0.29, 0.717) is 6.54 Å². The fourth-order valence-corrected chi connectivity index (χ4v) is 2.06. The minimum absolute atomic E-state index is 0.0444. The highest BCUT2D eigenvalue weighted by molar-refractivity contribution is 5.95. The molecule has 0 aromatic carbocycles. The Hall–Kier alpha value is -1.65. The molecule has 0 atom stereocenters. The van der Waals surface area contributed by atoms with E-state index in [1.165, 1.54) is 31.5 Å². The van der Waals surface area contributed by atoms with Crippen LogP contribution in [0.3, 0.4) is 0 Å². The van der Waals surface area contributed by atoms with Crippen LogP contribution in [0.5, 0.6) is 0 Å². The summed E-state index contributed by atoms with van der Waals surface area (Å²) in [6.07, 6.45) is 6.21. The zero-order valence-corrected chi connectivity index (χ0v) is 10.5. The molecule has 0 spiro atoms. The second-order valence-electron chi connectivity index (χ2n) is 4.61. The highest BCUT2D eigenvalue weighted by Gasteiger charge is 2.18. The number of carbonyl (C=O) groups is 1. The minimum Gasteiger partial charge on any atom is -0.371 e. The molecule has 1 heterocycles. The number of amides is 1. The number of carbonyl (C=O) groups excluding carboxylic acids is 1. The van der Waals surface area contributed by atoms with Crippen LogP contribution in [0, 0.1) is 11.7 Å². The molecule has 4 nitrogen and oxygen atoms in total. The van der Waals surface area contributed by atoms with Crippen molar-refractivity contribution in [3.8, 4) is 0 Å². The van der Waals surface area contributed by atoms with Crippen molar-refractivity contribution in [2.45, 2.75) is 25.7 Å². The predicted octanol–water partition coefficient (Wildman–Crippen LogP) is 2.18. The molecule has 2 N–H and O–H groups in total. The van der Waals surface area contributed by atoms with Crippen LogP contribution in [-0.4, -0.2) is 24.5 Å². The third-order valence-corrected chi connectivity index (χ3v) is 3.43. The fraction of sp³-hybridized carbons (Fsp3) is 0.538. The van der Waals surface area contributed by atoms with Gasteiger partial charge in [-0.05, 0) is 18.4 Å². The van der Waals surface area contributed by atoms with Gasteiger partial charge in [-0.3, -0.25) is 4.79 Å². The quantitative estimate of drug-likeness (QED) is 0.843. The SMILES string of the molecule is CNc1nccc(C(=O)NCCC2CCC2)c1F. The largest absolute Gasteiger partial charge is 0.371 e. The van der Waals surface area contributed by atoms with Gasteiger partial charge in [0.25, 0.3) is 5.91 Å². The van der Waals surface area contributed by atoms with Crippen molar-refractivity contribution in [3.63, 3.8) is 0 Å². The molecule has 1 aromatic heterocycles. The number of aromatic nitrogens is 1. The highest BCUT2D eigenvalue weighted by atomic mass is 19.1. The van der Waals surface area contributed by atoms with Crippen molar-refractivity contribution in [1.82, 2.24) is 10.3 Å². The lowest BCUT2D eigenvalue weighted by molar-refractivity contribution is 0.0945. The Kier molecular flexibility index (Phi) is 4.12. The number of anilines is 1. The van der Waals surface area contributed by atoms with E-state index in [-0.39, 0.29) is 17.3 Å². The third kappa shape index (κ3) is 2.78. The molecule has 1 fully saturated rings. The summed E-state index contributed by atoms with van der Waals surface area (Å²) in [4.78, 5) is 15.6. The second kappa shape index (κ2) is 5.80. The van der Waals surface area contributed by atoms with Gasteiger partial charge in [0.2, 0.25) is 0 Å². The van der Waals surface area contributed by atoms with Gasteiger partial charge in [0, 0.05) is 19.8 Å². The van der Waals surface area contributed by atoms with Crippen molar-refractivity contribution in [2.24, 2.45) is 5.92 Å². The average molecular weight is 251 g/mol. The molecule has 0 aliphatic heterocycles. The monoisotopic (exact) mass is 251 g/mol. The van der Waals surface area contributed by atoms with Crippen LogP contribution in [0.15, 0.2) is 12.3 Å². The number of pyridine rings is 1. The standard InChI is InChI=1S/C13H18FN3O/c1-15-12-11(14)10(6-8-16-12)13(18)17-7-5-9-3-2-4-9/h6,8-9H,2-5,7H2,1H3,(H,15,16)(H,17,18). The smallest absolute Gasteiger partial charge is 0.254 e. The Labute approximate surface area is 106 Å². The molecule has 1 aromatic rings. The summed E-state index contributed by atoms with van der Waals surface area (Å²) in [5, 5.41) is 5.37. The Bertz CT molecular complexity index is 432. The zero-order chi connectivity index (χ0) is 13.0. The number of halogens is 1.